The van der Waals surface area contributed by atoms with Gasteiger partial charge in [-0.2, -0.15) is 5.10 Å². The van der Waals surface area contributed by atoms with Gasteiger partial charge in [0.2, 0.25) is 0 Å². The molecule has 0 aliphatic carbocycles. The van der Waals surface area contributed by atoms with Gasteiger partial charge in [-0.1, -0.05) is 20.8 Å². The highest BCUT2D eigenvalue weighted by atomic mass is 32.1. The van der Waals surface area contributed by atoms with E-state index in [1.807, 2.05) is 24.9 Å². The standard InChI is InChI=1S/C14H22N4S/c1-9-10(7-18(5)17-9)11(15)6-13-16-12(8-19-13)14(2,3)4/h7-8,11H,6,15H2,1-5H3. The Morgan fingerprint density at radius 3 is 2.58 bits per heavy atom. The number of nitrogens with two attached hydrogens (primary N) is 1. The highest BCUT2D eigenvalue weighted by Crippen LogP contribution is 2.26. The molecule has 19 heavy (non-hydrogen) atoms. The van der Waals surface area contributed by atoms with Gasteiger partial charge in [0, 0.05) is 42.1 Å². The van der Waals surface area contributed by atoms with Gasteiger partial charge in [-0.05, 0) is 6.92 Å². The van der Waals surface area contributed by atoms with Crippen molar-refractivity contribution in [2.75, 3.05) is 0 Å². The summed E-state index contributed by atoms with van der Waals surface area (Å²) in [4.78, 5) is 4.69. The minimum atomic E-state index is -0.0346. The van der Waals surface area contributed by atoms with Crippen molar-refractivity contribution in [3.05, 3.63) is 33.5 Å². The lowest BCUT2D eigenvalue weighted by molar-refractivity contribution is 0.569. The maximum absolute atomic E-state index is 6.27. The van der Waals surface area contributed by atoms with Gasteiger partial charge >= 0.3 is 0 Å². The van der Waals surface area contributed by atoms with Crippen LogP contribution >= 0.6 is 11.3 Å². The SMILES string of the molecule is Cc1nn(C)cc1C(N)Cc1nc(C(C)(C)C)cs1. The molecule has 0 amide bonds. The number of thiazole rings is 1. The lowest BCUT2D eigenvalue weighted by Gasteiger charge is -2.14. The first-order chi connectivity index (χ1) is 8.77. The number of aryl methyl sites for hydroxylation is 2. The van der Waals surface area contributed by atoms with Gasteiger partial charge in [0.25, 0.3) is 0 Å². The van der Waals surface area contributed by atoms with Gasteiger partial charge in [-0.25, -0.2) is 4.98 Å². The summed E-state index contributed by atoms with van der Waals surface area (Å²) < 4.78 is 1.81. The quantitative estimate of drug-likeness (QED) is 0.939. The van der Waals surface area contributed by atoms with Gasteiger partial charge < -0.3 is 5.73 Å². The fourth-order valence-corrected chi connectivity index (χ4v) is 3.11. The first-order valence-electron chi connectivity index (χ1n) is 6.48. The predicted octanol–water partition coefficient (Wildman–Crippen LogP) is 2.73. The lowest BCUT2D eigenvalue weighted by Crippen LogP contribution is -2.15. The summed E-state index contributed by atoms with van der Waals surface area (Å²) >= 11 is 1.69. The molecule has 0 aliphatic heterocycles. The lowest BCUT2D eigenvalue weighted by atomic mass is 9.93. The topological polar surface area (TPSA) is 56.7 Å². The van der Waals surface area contributed by atoms with Gasteiger partial charge in [-0.3, -0.25) is 4.68 Å². The molecule has 2 heterocycles. The van der Waals surface area contributed by atoms with Crippen LogP contribution in [0.5, 0.6) is 0 Å². The molecule has 1 unspecified atom stereocenters. The van der Waals surface area contributed by atoms with Crippen LogP contribution in [0.1, 0.15) is 48.8 Å². The van der Waals surface area contributed by atoms with Crippen molar-refractivity contribution < 1.29 is 0 Å². The molecule has 0 aromatic carbocycles. The number of hydrogen-bond acceptors (Lipinski definition) is 4. The highest BCUT2D eigenvalue weighted by Gasteiger charge is 2.19. The third-order valence-electron chi connectivity index (χ3n) is 3.17. The predicted molar refractivity (Wildman–Crippen MR) is 79.4 cm³/mol. The summed E-state index contributed by atoms with van der Waals surface area (Å²) in [7, 11) is 1.92. The Kier molecular flexibility index (Phi) is 3.78. The van der Waals surface area contributed by atoms with Crippen molar-refractivity contribution in [1.29, 1.82) is 0 Å². The van der Waals surface area contributed by atoms with Crippen molar-refractivity contribution >= 4 is 11.3 Å². The first-order valence-corrected chi connectivity index (χ1v) is 7.36. The van der Waals surface area contributed by atoms with Crippen LogP contribution in [0, 0.1) is 6.92 Å². The molecule has 0 saturated heterocycles. The van der Waals surface area contributed by atoms with Crippen LogP contribution in [0.3, 0.4) is 0 Å². The number of rotatable bonds is 3. The smallest absolute Gasteiger partial charge is 0.0947 e. The van der Waals surface area contributed by atoms with E-state index in [9.17, 15) is 0 Å². The Labute approximate surface area is 118 Å². The summed E-state index contributed by atoms with van der Waals surface area (Å²) in [5.41, 5.74) is 9.62. The Bertz CT molecular complexity index is 562. The number of hydrogen-bond donors (Lipinski definition) is 1. The summed E-state index contributed by atoms with van der Waals surface area (Å²) in [5.74, 6) is 0. The van der Waals surface area contributed by atoms with Crippen LogP contribution in [0.2, 0.25) is 0 Å². The molecular weight excluding hydrogens is 256 g/mol. The van der Waals surface area contributed by atoms with Crippen LogP contribution < -0.4 is 5.73 Å². The van der Waals surface area contributed by atoms with Crippen LogP contribution in [0.25, 0.3) is 0 Å². The van der Waals surface area contributed by atoms with Crippen LogP contribution in [0.4, 0.5) is 0 Å². The van der Waals surface area contributed by atoms with Gasteiger partial charge in [-0.15, -0.1) is 11.3 Å². The van der Waals surface area contributed by atoms with E-state index in [1.165, 1.54) is 0 Å². The molecular formula is C14H22N4S. The Balaban J connectivity index is 2.13. The molecule has 2 aromatic rings. The van der Waals surface area contributed by atoms with E-state index >= 15 is 0 Å². The van der Waals surface area contributed by atoms with Crippen LogP contribution in [-0.4, -0.2) is 14.8 Å². The summed E-state index contributed by atoms with van der Waals surface area (Å²) in [5, 5.41) is 7.57. The molecule has 1 atom stereocenters. The van der Waals surface area contributed by atoms with E-state index in [0.29, 0.717) is 0 Å². The van der Waals surface area contributed by atoms with Crippen LogP contribution in [-0.2, 0) is 18.9 Å². The Hall–Kier alpha value is -1.20. The zero-order valence-corrected chi connectivity index (χ0v) is 13.1. The molecule has 2 rings (SSSR count). The molecule has 5 heteroatoms. The molecule has 0 aliphatic rings. The molecule has 0 radical (unpaired) electrons. The molecule has 0 saturated carbocycles. The molecule has 2 aromatic heterocycles. The zero-order valence-electron chi connectivity index (χ0n) is 12.3. The minimum Gasteiger partial charge on any atom is -0.323 e. The summed E-state index contributed by atoms with van der Waals surface area (Å²) in [6.07, 6.45) is 2.77. The first kappa shape index (κ1) is 14.2. The second kappa shape index (κ2) is 5.06. The van der Waals surface area contributed by atoms with Crippen molar-refractivity contribution in [2.24, 2.45) is 12.8 Å². The zero-order chi connectivity index (χ0) is 14.2. The second-order valence-electron chi connectivity index (χ2n) is 6.03. The van der Waals surface area contributed by atoms with E-state index in [2.05, 4.69) is 31.2 Å². The third kappa shape index (κ3) is 3.22. The molecule has 0 bridgehead atoms. The Morgan fingerprint density at radius 1 is 1.42 bits per heavy atom. The van der Waals surface area contributed by atoms with Crippen molar-refractivity contribution in [3.8, 4) is 0 Å². The maximum Gasteiger partial charge on any atom is 0.0947 e. The van der Waals surface area contributed by atoms with E-state index < -0.39 is 0 Å². The molecule has 0 spiro atoms. The van der Waals surface area contributed by atoms with E-state index in [1.54, 1.807) is 11.3 Å². The van der Waals surface area contributed by atoms with E-state index in [4.69, 9.17) is 10.7 Å². The van der Waals surface area contributed by atoms with E-state index in [0.717, 1.165) is 28.4 Å². The molecule has 2 N–H and O–H groups in total. The fraction of sp³-hybridized carbons (Fsp3) is 0.571. The minimum absolute atomic E-state index is 0.0346. The number of aromatic nitrogens is 3. The fourth-order valence-electron chi connectivity index (χ4n) is 2.03. The summed E-state index contributed by atoms with van der Waals surface area (Å²) in [6.45, 7) is 8.53. The van der Waals surface area contributed by atoms with Gasteiger partial charge in [0.1, 0.15) is 0 Å². The highest BCUT2D eigenvalue weighted by molar-refractivity contribution is 7.09. The average molecular weight is 278 g/mol. The normalized spacial score (nSPS) is 13.8. The molecule has 4 nitrogen and oxygen atoms in total. The van der Waals surface area contributed by atoms with Gasteiger partial charge in [0.05, 0.1) is 16.4 Å². The second-order valence-corrected chi connectivity index (χ2v) is 6.97. The van der Waals surface area contributed by atoms with Gasteiger partial charge in [0.15, 0.2) is 0 Å². The largest absolute Gasteiger partial charge is 0.323 e. The monoisotopic (exact) mass is 278 g/mol. The summed E-state index contributed by atoms with van der Waals surface area (Å²) in [6, 6.07) is -0.0346. The molecule has 0 fully saturated rings. The number of nitrogens with zero attached hydrogens (tertiary/aromatic N) is 3. The average Bonchev–Trinajstić information content (AvgIpc) is 2.84. The van der Waals surface area contributed by atoms with Crippen molar-refractivity contribution in [3.63, 3.8) is 0 Å². The van der Waals surface area contributed by atoms with E-state index in [-0.39, 0.29) is 11.5 Å². The Morgan fingerprint density at radius 2 is 2.11 bits per heavy atom. The van der Waals surface area contributed by atoms with Crippen LogP contribution in [0.15, 0.2) is 11.6 Å². The van der Waals surface area contributed by atoms with Crippen molar-refractivity contribution in [1.82, 2.24) is 14.8 Å². The molecule has 104 valence electrons. The third-order valence-corrected chi connectivity index (χ3v) is 4.04. The maximum atomic E-state index is 6.27. The van der Waals surface area contributed by atoms with Crippen molar-refractivity contribution in [2.45, 2.75) is 45.6 Å².